The fourth-order valence-corrected chi connectivity index (χ4v) is 6.39. The van der Waals surface area contributed by atoms with Crippen LogP contribution in [0.3, 0.4) is 0 Å². The number of aromatic amines is 1. The van der Waals surface area contributed by atoms with Crippen molar-refractivity contribution in [3.05, 3.63) is 38.3 Å². The second-order valence-corrected chi connectivity index (χ2v) is 10.8. The van der Waals surface area contributed by atoms with Crippen molar-refractivity contribution in [2.45, 2.75) is 50.6 Å². The third-order valence-corrected chi connectivity index (χ3v) is 8.67. The van der Waals surface area contributed by atoms with Crippen LogP contribution in [0.4, 0.5) is 0 Å². The van der Waals surface area contributed by atoms with Crippen molar-refractivity contribution in [2.24, 2.45) is 0 Å². The topological polar surface area (TPSA) is 111 Å². The zero-order valence-electron chi connectivity index (χ0n) is 22.1. The van der Waals surface area contributed by atoms with Gasteiger partial charge in [0, 0.05) is 62.4 Å². The van der Waals surface area contributed by atoms with Gasteiger partial charge in [0.1, 0.15) is 0 Å². The largest absolute Gasteiger partial charge is 0.381 e. The molecule has 0 saturated carbocycles. The van der Waals surface area contributed by atoms with Crippen LogP contribution in [0.5, 0.6) is 0 Å². The highest BCUT2D eigenvalue weighted by atomic mass is 16.5. The van der Waals surface area contributed by atoms with E-state index >= 15 is 0 Å². The molecule has 0 aromatic carbocycles. The number of carbonyl (C=O) groups excluding carboxylic acids is 1. The second-order valence-electron chi connectivity index (χ2n) is 10.8. The van der Waals surface area contributed by atoms with Gasteiger partial charge in [-0.3, -0.25) is 19.2 Å². The molecule has 38 heavy (non-hydrogen) atoms. The van der Waals surface area contributed by atoms with Gasteiger partial charge in [-0.2, -0.15) is 5.10 Å². The number of H-pyrrole nitrogens is 1. The molecule has 1 amide bonds. The van der Waals surface area contributed by atoms with E-state index in [4.69, 9.17) is 14.2 Å². The van der Waals surface area contributed by atoms with Crippen LogP contribution in [0, 0.1) is 0 Å². The maximum atomic E-state index is 13.6. The molecule has 6 rings (SSSR count). The van der Waals surface area contributed by atoms with E-state index in [1.54, 1.807) is 6.20 Å². The van der Waals surface area contributed by atoms with Gasteiger partial charge >= 0.3 is 0 Å². The number of ether oxygens (including phenoxy) is 3. The number of allylic oxidation sites excluding steroid dienone is 1. The summed E-state index contributed by atoms with van der Waals surface area (Å²) < 4.78 is 18.8. The Morgan fingerprint density at radius 3 is 2.58 bits per heavy atom. The Kier molecular flexibility index (Phi) is 7.22. The van der Waals surface area contributed by atoms with Gasteiger partial charge in [-0.1, -0.05) is 6.08 Å². The Hall–Kier alpha value is -2.79. The van der Waals surface area contributed by atoms with Crippen molar-refractivity contribution in [1.82, 2.24) is 25.0 Å². The van der Waals surface area contributed by atoms with Gasteiger partial charge in [0.15, 0.2) is 0 Å². The van der Waals surface area contributed by atoms with Crippen LogP contribution in [0.15, 0.2) is 22.1 Å². The van der Waals surface area contributed by atoms with Crippen LogP contribution in [0.2, 0.25) is 0 Å². The van der Waals surface area contributed by atoms with E-state index in [1.165, 1.54) is 0 Å². The third-order valence-electron chi connectivity index (χ3n) is 8.67. The molecule has 2 N–H and O–H groups in total. The average Bonchev–Trinajstić information content (AvgIpc) is 3.34. The number of hydrogen-bond donors (Lipinski definition) is 2. The Morgan fingerprint density at radius 1 is 1.11 bits per heavy atom. The fraction of sp³-hybridized carbons (Fsp3) is 0.607. The number of rotatable bonds is 5. The fourth-order valence-electron chi connectivity index (χ4n) is 6.39. The minimum atomic E-state index is -0.158. The lowest BCUT2D eigenvalue weighted by Gasteiger charge is -2.48. The molecule has 3 saturated heterocycles. The third kappa shape index (κ3) is 4.75. The van der Waals surface area contributed by atoms with Gasteiger partial charge in [0.2, 0.25) is 5.91 Å². The van der Waals surface area contributed by atoms with Crippen LogP contribution in [-0.2, 0) is 19.0 Å². The van der Waals surface area contributed by atoms with E-state index in [2.05, 4.69) is 26.4 Å². The highest BCUT2D eigenvalue weighted by Gasteiger charge is 2.39. The second kappa shape index (κ2) is 10.8. The van der Waals surface area contributed by atoms with Crippen molar-refractivity contribution in [3.8, 4) is 0 Å². The van der Waals surface area contributed by atoms with E-state index in [9.17, 15) is 9.59 Å². The van der Waals surface area contributed by atoms with Gasteiger partial charge in [-0.25, -0.2) is 0 Å². The van der Waals surface area contributed by atoms with Crippen molar-refractivity contribution in [1.29, 1.82) is 0 Å². The molecule has 3 fully saturated rings. The number of fused-ring (bicyclic) bond motifs is 3. The van der Waals surface area contributed by atoms with Crippen molar-refractivity contribution < 1.29 is 19.0 Å². The number of carbonyl (C=O) groups is 1. The molecule has 10 heteroatoms. The molecule has 0 spiro atoms. The number of nitrogens with zero attached hydrogens (tertiary/aromatic N) is 3. The minimum Gasteiger partial charge on any atom is -0.381 e. The molecule has 0 atom stereocenters. The van der Waals surface area contributed by atoms with Crippen LogP contribution < -0.4 is 21.4 Å². The number of aromatic nitrogens is 3. The predicted molar refractivity (Wildman–Crippen MR) is 143 cm³/mol. The van der Waals surface area contributed by atoms with Crippen LogP contribution in [-0.4, -0.2) is 90.4 Å². The average molecular weight is 524 g/mol. The lowest BCUT2D eigenvalue weighted by Crippen LogP contribution is -2.61. The first-order valence-electron chi connectivity index (χ1n) is 13.8. The summed E-state index contributed by atoms with van der Waals surface area (Å²) in [5.41, 5.74) is 2.15. The first-order chi connectivity index (χ1) is 18.6. The van der Waals surface area contributed by atoms with E-state index in [-0.39, 0.29) is 23.0 Å². The number of hydrogen-bond acceptors (Lipinski definition) is 7. The number of pyridine rings is 1. The minimum absolute atomic E-state index is 0.0570. The van der Waals surface area contributed by atoms with Crippen LogP contribution in [0.25, 0.3) is 23.1 Å². The Balaban J connectivity index is 1.29. The van der Waals surface area contributed by atoms with Crippen molar-refractivity contribution in [2.75, 3.05) is 59.3 Å². The van der Waals surface area contributed by atoms with Gasteiger partial charge < -0.3 is 24.5 Å². The molecular weight excluding hydrogens is 486 g/mol. The summed E-state index contributed by atoms with van der Waals surface area (Å²) >= 11 is 0. The monoisotopic (exact) mass is 523 g/mol. The maximum absolute atomic E-state index is 13.6. The molecule has 1 aliphatic carbocycles. The highest BCUT2D eigenvalue weighted by molar-refractivity contribution is 5.97. The van der Waals surface area contributed by atoms with E-state index in [1.807, 2.05) is 17.7 Å². The lowest BCUT2D eigenvalue weighted by atomic mass is 9.87. The van der Waals surface area contributed by atoms with E-state index in [0.717, 1.165) is 79.2 Å². The standard InChI is InChI=1S/C28H37N5O5/c1-19-16-24-22(25-23(27(35)31-24)17-30-33(25)20-4-10-36-11-5-20)3-2-21(19)26(34)29-18-28(6-12-37-13-7-28)32-8-14-38-15-9-32/h3,16-17,20H,2,4-15,18H2,1H3,(H,29,34)(H,31,35). The number of morpholine rings is 1. The predicted octanol–water partition coefficient (Wildman–Crippen LogP) is 0.355. The summed E-state index contributed by atoms with van der Waals surface area (Å²) in [7, 11) is 0. The first kappa shape index (κ1) is 25.5. The number of amides is 1. The van der Waals surface area contributed by atoms with Gasteiger partial charge in [0.05, 0.1) is 41.7 Å². The number of nitrogens with one attached hydrogen (secondary N) is 2. The normalized spacial score (nSPS) is 22.9. The summed E-state index contributed by atoms with van der Waals surface area (Å²) in [5, 5.41) is 10.1. The molecular formula is C28H37N5O5. The smallest absolute Gasteiger partial charge is 0.259 e. The zero-order chi connectivity index (χ0) is 26.1. The summed E-state index contributed by atoms with van der Waals surface area (Å²) in [6, 6.07) is 0.191. The van der Waals surface area contributed by atoms with E-state index < -0.39 is 0 Å². The molecule has 3 aliphatic heterocycles. The molecule has 2 aromatic rings. The van der Waals surface area contributed by atoms with E-state index in [0.29, 0.717) is 44.8 Å². The Morgan fingerprint density at radius 2 is 1.82 bits per heavy atom. The van der Waals surface area contributed by atoms with Crippen molar-refractivity contribution >= 4 is 29.0 Å². The molecule has 4 aliphatic rings. The molecule has 0 bridgehead atoms. The SMILES string of the molecule is CC1=C(C(=O)NCC2(N3CCOCC3)CCOCC2)CC=c2c([nH]c(=O)c3cnn(C4CCOCC4)c23)=C1. The van der Waals surface area contributed by atoms with Crippen molar-refractivity contribution in [3.63, 3.8) is 0 Å². The zero-order valence-corrected chi connectivity index (χ0v) is 22.1. The molecule has 0 unspecified atom stereocenters. The Bertz CT molecular complexity index is 1410. The van der Waals surface area contributed by atoms with Gasteiger partial charge in [-0.15, -0.1) is 0 Å². The molecule has 0 radical (unpaired) electrons. The molecule has 10 nitrogen and oxygen atoms in total. The first-order valence-corrected chi connectivity index (χ1v) is 13.8. The van der Waals surface area contributed by atoms with Gasteiger partial charge in [-0.05, 0) is 50.7 Å². The summed E-state index contributed by atoms with van der Waals surface area (Å²) in [6.07, 6.45) is 9.66. The molecule has 5 heterocycles. The summed E-state index contributed by atoms with van der Waals surface area (Å²) in [4.78, 5) is 32.0. The highest BCUT2D eigenvalue weighted by Crippen LogP contribution is 2.29. The quantitative estimate of drug-likeness (QED) is 0.582. The van der Waals surface area contributed by atoms with Crippen LogP contribution in [0.1, 0.15) is 45.1 Å². The molecule has 2 aromatic heterocycles. The summed E-state index contributed by atoms with van der Waals surface area (Å²) in [5.74, 6) is -0.0570. The van der Waals surface area contributed by atoms with Gasteiger partial charge in [0.25, 0.3) is 5.56 Å². The molecule has 204 valence electrons. The maximum Gasteiger partial charge on any atom is 0.259 e. The summed E-state index contributed by atoms with van der Waals surface area (Å²) in [6.45, 7) is 8.51. The lowest BCUT2D eigenvalue weighted by molar-refractivity contribution is -0.119. The Labute approximate surface area is 221 Å². The van der Waals surface area contributed by atoms with Crippen LogP contribution >= 0.6 is 0 Å².